The maximum atomic E-state index is 12.7. The van der Waals surface area contributed by atoms with Crippen LogP contribution in [-0.4, -0.2) is 59.5 Å². The molecule has 2 aromatic carbocycles. The Bertz CT molecular complexity index is 1310. The molecule has 2 amide bonds. The third-order valence-corrected chi connectivity index (χ3v) is 8.42. The van der Waals surface area contributed by atoms with Crippen LogP contribution in [0.25, 0.3) is 0 Å². The lowest BCUT2D eigenvalue weighted by molar-refractivity contribution is -0.124. The van der Waals surface area contributed by atoms with Crippen molar-refractivity contribution in [3.63, 3.8) is 0 Å². The van der Waals surface area contributed by atoms with Gasteiger partial charge >= 0.3 is 16.2 Å². The number of carbonyl (C=O) groups is 2. The van der Waals surface area contributed by atoms with Crippen LogP contribution in [-0.2, 0) is 40.6 Å². The quantitative estimate of drug-likeness (QED) is 0.255. The number of hydrogen-bond donors (Lipinski definition) is 2. The molecular weight excluding hydrogens is 572 g/mol. The van der Waals surface area contributed by atoms with Crippen molar-refractivity contribution in [1.82, 2.24) is 10.6 Å². The molecular formula is C28H40N2O9S2. The van der Waals surface area contributed by atoms with E-state index in [1.54, 1.807) is 45.9 Å². The summed E-state index contributed by atoms with van der Waals surface area (Å²) in [4.78, 5) is 25.0. The molecule has 0 spiro atoms. The smallest absolute Gasteiger partial charge is 0.408 e. The van der Waals surface area contributed by atoms with Crippen molar-refractivity contribution in [1.29, 1.82) is 0 Å². The van der Waals surface area contributed by atoms with Gasteiger partial charge in [-0.15, -0.1) is 0 Å². The van der Waals surface area contributed by atoms with Crippen molar-refractivity contribution in [2.45, 2.75) is 53.2 Å². The molecule has 0 radical (unpaired) electrons. The van der Waals surface area contributed by atoms with E-state index >= 15 is 0 Å². The second-order valence-corrected chi connectivity index (χ2v) is 14.1. The first-order valence-corrected chi connectivity index (χ1v) is 16.4. The lowest BCUT2D eigenvalue weighted by Crippen LogP contribution is -2.50. The number of rotatable bonds is 17. The number of para-hydroxylation sites is 1. The second kappa shape index (κ2) is 15.7. The van der Waals surface area contributed by atoms with Crippen molar-refractivity contribution in [2.24, 2.45) is 11.3 Å². The van der Waals surface area contributed by atoms with Gasteiger partial charge in [0.05, 0.1) is 18.1 Å². The summed E-state index contributed by atoms with van der Waals surface area (Å²) in [5, 5.41) is 5.37. The van der Waals surface area contributed by atoms with E-state index in [2.05, 4.69) is 10.6 Å². The molecule has 0 bridgehead atoms. The average molecular weight is 613 g/mol. The fourth-order valence-corrected chi connectivity index (χ4v) is 5.80. The molecule has 13 heteroatoms. The molecule has 0 heterocycles. The van der Waals surface area contributed by atoms with Crippen LogP contribution >= 0.6 is 0 Å². The number of alkyl carbamates (subject to hydrolysis) is 1. The molecule has 41 heavy (non-hydrogen) atoms. The number of hydrogen-bond acceptors (Lipinski definition) is 9. The SMILES string of the molecule is CC(C)[C@H](NC(=O)OCc1ccccc1)C(=O)NCCC(C)(C)COS(=O)(=O)CCCS(=O)(=O)Oc1ccccc1. The molecule has 11 nitrogen and oxygen atoms in total. The van der Waals surface area contributed by atoms with E-state index < -0.39 is 49.3 Å². The van der Waals surface area contributed by atoms with Crippen LogP contribution in [0.4, 0.5) is 4.79 Å². The topological polar surface area (TPSA) is 154 Å². The molecule has 1 atom stereocenters. The summed E-state index contributed by atoms with van der Waals surface area (Å²) in [6, 6.07) is 16.3. The second-order valence-electron chi connectivity index (χ2n) is 10.7. The van der Waals surface area contributed by atoms with E-state index in [0.717, 1.165) is 5.56 Å². The number of nitrogens with one attached hydrogen (secondary N) is 2. The number of carbonyl (C=O) groups excluding carboxylic acids is 2. The van der Waals surface area contributed by atoms with Crippen LogP contribution in [0.5, 0.6) is 5.75 Å². The Morgan fingerprint density at radius 3 is 2.07 bits per heavy atom. The van der Waals surface area contributed by atoms with E-state index in [1.165, 1.54) is 12.1 Å². The summed E-state index contributed by atoms with van der Waals surface area (Å²) < 4.78 is 64.2. The summed E-state index contributed by atoms with van der Waals surface area (Å²) in [6.07, 6.45) is -0.511. The summed E-state index contributed by atoms with van der Waals surface area (Å²) in [5.41, 5.74) is 0.194. The van der Waals surface area contributed by atoms with E-state index in [-0.39, 0.29) is 43.8 Å². The minimum absolute atomic E-state index is 0.0769. The highest BCUT2D eigenvalue weighted by Gasteiger charge is 2.27. The molecule has 0 aliphatic rings. The van der Waals surface area contributed by atoms with E-state index in [1.807, 2.05) is 30.3 Å². The van der Waals surface area contributed by atoms with E-state index in [4.69, 9.17) is 13.1 Å². The van der Waals surface area contributed by atoms with Gasteiger partial charge in [0.25, 0.3) is 10.1 Å². The number of amides is 2. The highest BCUT2D eigenvalue weighted by atomic mass is 32.2. The molecule has 2 rings (SSSR count). The number of benzene rings is 2. The average Bonchev–Trinajstić information content (AvgIpc) is 2.90. The summed E-state index contributed by atoms with van der Waals surface area (Å²) in [6.45, 7) is 7.29. The normalized spacial score (nSPS) is 12.9. The Kier molecular flexibility index (Phi) is 13.1. The van der Waals surface area contributed by atoms with Crippen LogP contribution in [0.3, 0.4) is 0 Å². The highest BCUT2D eigenvalue weighted by molar-refractivity contribution is 7.87. The van der Waals surface area contributed by atoms with Gasteiger partial charge in [-0.05, 0) is 41.9 Å². The standard InChI is InChI=1S/C28H40N2O9S2/c1-22(2)25(30-27(32)37-20-23-12-7-5-8-13-23)26(31)29-17-16-28(3,4)21-38-40(33,34)18-11-19-41(35,36)39-24-14-9-6-10-15-24/h5-10,12-15,22,25H,11,16-21H2,1-4H3,(H,29,31)(H,30,32)/t25-/m0/s1. The fraction of sp³-hybridized carbons (Fsp3) is 0.500. The Morgan fingerprint density at radius 1 is 0.878 bits per heavy atom. The summed E-state index contributed by atoms with van der Waals surface area (Å²) >= 11 is 0. The monoisotopic (exact) mass is 612 g/mol. The lowest BCUT2D eigenvalue weighted by Gasteiger charge is -2.26. The third-order valence-electron chi connectivity index (χ3n) is 5.92. The van der Waals surface area contributed by atoms with Gasteiger partial charge in [0.2, 0.25) is 5.91 Å². The first kappa shape index (κ1) is 34.0. The van der Waals surface area contributed by atoms with Gasteiger partial charge in [0, 0.05) is 6.54 Å². The number of ether oxygens (including phenoxy) is 1. The zero-order chi connectivity index (χ0) is 30.5. The molecule has 228 valence electrons. The van der Waals surface area contributed by atoms with E-state index in [9.17, 15) is 26.4 Å². The van der Waals surface area contributed by atoms with Gasteiger partial charge in [0.1, 0.15) is 18.4 Å². The molecule has 0 fully saturated rings. The third kappa shape index (κ3) is 13.8. The van der Waals surface area contributed by atoms with Crippen LogP contribution in [0, 0.1) is 11.3 Å². The Labute approximate surface area is 243 Å². The van der Waals surface area contributed by atoms with Crippen molar-refractivity contribution in [2.75, 3.05) is 24.7 Å². The lowest BCUT2D eigenvalue weighted by atomic mass is 9.90. The van der Waals surface area contributed by atoms with Crippen LogP contribution in [0.15, 0.2) is 60.7 Å². The maximum Gasteiger partial charge on any atom is 0.408 e. The van der Waals surface area contributed by atoms with Crippen molar-refractivity contribution >= 4 is 32.2 Å². The first-order chi connectivity index (χ1) is 19.2. The molecule has 2 aromatic rings. The Morgan fingerprint density at radius 2 is 1.46 bits per heavy atom. The zero-order valence-electron chi connectivity index (χ0n) is 23.9. The van der Waals surface area contributed by atoms with Crippen molar-refractivity contribution < 1.29 is 39.5 Å². The van der Waals surface area contributed by atoms with Gasteiger partial charge in [-0.25, -0.2) is 4.79 Å². The highest BCUT2D eigenvalue weighted by Crippen LogP contribution is 2.21. The van der Waals surface area contributed by atoms with Gasteiger partial charge in [-0.2, -0.15) is 16.8 Å². The van der Waals surface area contributed by atoms with Crippen LogP contribution in [0.2, 0.25) is 0 Å². The molecule has 0 saturated heterocycles. The minimum atomic E-state index is -3.98. The fourth-order valence-electron chi connectivity index (χ4n) is 3.52. The molecule has 2 N–H and O–H groups in total. The predicted molar refractivity (Wildman–Crippen MR) is 155 cm³/mol. The predicted octanol–water partition coefficient (Wildman–Crippen LogP) is 3.62. The Balaban J connectivity index is 1.73. The van der Waals surface area contributed by atoms with Crippen molar-refractivity contribution in [3.8, 4) is 5.75 Å². The van der Waals surface area contributed by atoms with Crippen molar-refractivity contribution in [3.05, 3.63) is 66.2 Å². The summed E-state index contributed by atoms with van der Waals surface area (Å²) in [5.74, 6) is -1.41. The first-order valence-electron chi connectivity index (χ1n) is 13.3. The molecule has 0 aromatic heterocycles. The summed E-state index contributed by atoms with van der Waals surface area (Å²) in [7, 11) is -7.94. The van der Waals surface area contributed by atoms with Gasteiger partial charge in [-0.3, -0.25) is 8.98 Å². The van der Waals surface area contributed by atoms with Crippen LogP contribution < -0.4 is 14.8 Å². The maximum absolute atomic E-state index is 12.7. The zero-order valence-corrected chi connectivity index (χ0v) is 25.5. The Hall–Kier alpha value is -3.16. The van der Waals surface area contributed by atoms with E-state index in [0.29, 0.717) is 6.42 Å². The van der Waals surface area contributed by atoms with Crippen LogP contribution in [0.1, 0.15) is 46.1 Å². The van der Waals surface area contributed by atoms with Gasteiger partial charge in [0.15, 0.2) is 0 Å². The van der Waals surface area contributed by atoms with Gasteiger partial charge < -0.3 is 19.6 Å². The molecule has 0 aliphatic carbocycles. The minimum Gasteiger partial charge on any atom is -0.445 e. The molecule has 0 saturated carbocycles. The van der Waals surface area contributed by atoms with Gasteiger partial charge in [-0.1, -0.05) is 76.2 Å². The molecule has 0 aliphatic heterocycles. The largest absolute Gasteiger partial charge is 0.445 e. The molecule has 0 unspecified atom stereocenters.